The Morgan fingerprint density at radius 1 is 1.26 bits per heavy atom. The molecular formula is C22H22F2N6O. The predicted octanol–water partition coefficient (Wildman–Crippen LogP) is 3.82. The van der Waals surface area contributed by atoms with Gasteiger partial charge in [0.1, 0.15) is 12.0 Å². The number of aryl methyl sites for hydroxylation is 2. The van der Waals surface area contributed by atoms with Gasteiger partial charge in [0.25, 0.3) is 18.1 Å². The van der Waals surface area contributed by atoms with Gasteiger partial charge in [0.05, 0.1) is 17.3 Å². The molecule has 31 heavy (non-hydrogen) atoms. The van der Waals surface area contributed by atoms with Crippen molar-refractivity contribution >= 4 is 11.7 Å². The van der Waals surface area contributed by atoms with Gasteiger partial charge in [-0.3, -0.25) is 4.79 Å². The maximum Gasteiger partial charge on any atom is 0.280 e. The molecule has 2 atom stereocenters. The minimum absolute atomic E-state index is 0.127. The highest BCUT2D eigenvalue weighted by Gasteiger charge is 2.33. The van der Waals surface area contributed by atoms with Crippen LogP contribution < -0.4 is 0 Å². The Bertz CT molecular complexity index is 1180. The van der Waals surface area contributed by atoms with Crippen molar-refractivity contribution in [2.45, 2.75) is 39.5 Å². The lowest BCUT2D eigenvalue weighted by Gasteiger charge is -2.37. The lowest BCUT2D eigenvalue weighted by atomic mass is 9.84. The van der Waals surface area contributed by atoms with Gasteiger partial charge in [-0.05, 0) is 55.5 Å². The van der Waals surface area contributed by atoms with Gasteiger partial charge in [0.2, 0.25) is 0 Å². The summed E-state index contributed by atoms with van der Waals surface area (Å²) in [5, 5.41) is 13.4. The zero-order valence-corrected chi connectivity index (χ0v) is 17.5. The average Bonchev–Trinajstić information content (AvgIpc) is 3.21. The molecule has 0 spiro atoms. The number of halogens is 2. The second-order valence-corrected chi connectivity index (χ2v) is 8.10. The lowest BCUT2D eigenvalue weighted by Crippen LogP contribution is -2.42. The Balaban J connectivity index is 1.68. The van der Waals surface area contributed by atoms with E-state index in [4.69, 9.17) is 0 Å². The Kier molecular flexibility index (Phi) is 5.39. The van der Waals surface area contributed by atoms with E-state index in [0.29, 0.717) is 29.9 Å². The highest BCUT2D eigenvalue weighted by atomic mass is 19.3. The molecule has 4 rings (SSSR count). The minimum Gasteiger partial charge on any atom is -0.338 e. The molecule has 0 aliphatic carbocycles. The molecule has 1 aliphatic rings. The zero-order chi connectivity index (χ0) is 22.3. The van der Waals surface area contributed by atoms with Crippen molar-refractivity contribution in [2.24, 2.45) is 5.92 Å². The molecule has 9 heteroatoms. The molecule has 1 saturated heterocycles. The summed E-state index contributed by atoms with van der Waals surface area (Å²) in [6.45, 7) is 6.62. The highest BCUT2D eigenvalue weighted by molar-refractivity contribution is 5.95. The average molecular weight is 424 g/mol. The van der Waals surface area contributed by atoms with Gasteiger partial charge in [0.15, 0.2) is 0 Å². The number of fused-ring (bicyclic) bond motifs is 1. The number of hydrogen-bond donors (Lipinski definition) is 0. The number of rotatable bonds is 3. The lowest BCUT2D eigenvalue weighted by molar-refractivity contribution is 0.0665. The Morgan fingerprint density at radius 3 is 2.61 bits per heavy atom. The number of carbonyl (C=O) groups excluding carboxylic acids is 1. The first-order valence-electron chi connectivity index (χ1n) is 10.1. The van der Waals surface area contributed by atoms with Crippen LogP contribution in [0.1, 0.15) is 64.1 Å². The standard InChI is InChI=1S/C22H22F2N6O/c1-12-4-5-29(21(31)15-6-13(2)16(9-25)14(3)7-15)10-17(12)19-8-18(20(23)24)28-22-26-11-27-30(19)22/h6-8,11-12,17,20H,4-5,10H2,1-3H3/t12-,17-/m1/s1. The minimum atomic E-state index is -2.72. The molecule has 0 bridgehead atoms. The van der Waals surface area contributed by atoms with E-state index in [1.165, 1.54) is 16.9 Å². The zero-order valence-electron chi connectivity index (χ0n) is 17.5. The van der Waals surface area contributed by atoms with Crippen LogP contribution in [0.15, 0.2) is 24.5 Å². The summed E-state index contributed by atoms with van der Waals surface area (Å²) in [7, 11) is 0. The van der Waals surface area contributed by atoms with Crippen molar-refractivity contribution in [3.63, 3.8) is 0 Å². The van der Waals surface area contributed by atoms with E-state index in [1.54, 1.807) is 17.0 Å². The van der Waals surface area contributed by atoms with Crippen molar-refractivity contribution in [1.82, 2.24) is 24.5 Å². The summed E-state index contributed by atoms with van der Waals surface area (Å²) < 4.78 is 28.3. The number of nitriles is 1. The molecule has 0 radical (unpaired) electrons. The van der Waals surface area contributed by atoms with E-state index in [0.717, 1.165) is 17.5 Å². The van der Waals surface area contributed by atoms with Gasteiger partial charge in [-0.15, -0.1) is 0 Å². The fourth-order valence-electron chi connectivity index (χ4n) is 4.31. The van der Waals surface area contributed by atoms with Crippen molar-refractivity contribution in [1.29, 1.82) is 5.26 Å². The van der Waals surface area contributed by atoms with E-state index in [-0.39, 0.29) is 29.2 Å². The van der Waals surface area contributed by atoms with Crippen LogP contribution in [-0.4, -0.2) is 43.5 Å². The largest absolute Gasteiger partial charge is 0.338 e. The number of piperidine rings is 1. The van der Waals surface area contributed by atoms with Crippen LogP contribution in [0.2, 0.25) is 0 Å². The SMILES string of the molecule is Cc1cc(C(=O)N2CC[C@@H](C)[C@H](c3cc(C(F)F)nc4ncnn34)C2)cc(C)c1C#N. The molecule has 0 N–H and O–H groups in total. The molecule has 3 aromatic rings. The molecule has 7 nitrogen and oxygen atoms in total. The molecule has 2 aromatic heterocycles. The first-order valence-corrected chi connectivity index (χ1v) is 10.1. The third-order valence-electron chi connectivity index (χ3n) is 6.04. The van der Waals surface area contributed by atoms with Crippen molar-refractivity contribution in [2.75, 3.05) is 13.1 Å². The first kappa shape index (κ1) is 20.8. The molecule has 0 saturated carbocycles. The van der Waals surface area contributed by atoms with Crippen molar-refractivity contribution in [3.05, 3.63) is 58.2 Å². The van der Waals surface area contributed by atoms with Crippen LogP contribution in [0.25, 0.3) is 5.78 Å². The van der Waals surface area contributed by atoms with E-state index in [1.807, 2.05) is 20.8 Å². The fourth-order valence-corrected chi connectivity index (χ4v) is 4.31. The maximum absolute atomic E-state index is 13.4. The molecule has 160 valence electrons. The summed E-state index contributed by atoms with van der Waals surface area (Å²) in [4.78, 5) is 22.9. The van der Waals surface area contributed by atoms with E-state index < -0.39 is 6.43 Å². The predicted molar refractivity (Wildman–Crippen MR) is 109 cm³/mol. The Hall–Kier alpha value is -3.41. The molecule has 1 aromatic carbocycles. The van der Waals surface area contributed by atoms with Gasteiger partial charge in [-0.25, -0.2) is 18.3 Å². The van der Waals surface area contributed by atoms with E-state index in [9.17, 15) is 18.8 Å². The quantitative estimate of drug-likeness (QED) is 0.638. The number of benzene rings is 1. The monoisotopic (exact) mass is 424 g/mol. The van der Waals surface area contributed by atoms with Gasteiger partial charge in [-0.2, -0.15) is 15.3 Å². The number of aromatic nitrogens is 4. The van der Waals surface area contributed by atoms with E-state index >= 15 is 0 Å². The topological polar surface area (TPSA) is 87.2 Å². The van der Waals surface area contributed by atoms with Gasteiger partial charge in [-0.1, -0.05) is 6.92 Å². The maximum atomic E-state index is 13.4. The van der Waals surface area contributed by atoms with Crippen molar-refractivity contribution in [3.8, 4) is 6.07 Å². The molecule has 0 unspecified atom stereocenters. The normalized spacial score (nSPS) is 19.1. The second kappa shape index (κ2) is 8.02. The van der Waals surface area contributed by atoms with Gasteiger partial charge < -0.3 is 4.90 Å². The van der Waals surface area contributed by atoms with Crippen LogP contribution >= 0.6 is 0 Å². The summed E-state index contributed by atoms with van der Waals surface area (Å²) >= 11 is 0. The molecule has 1 amide bonds. The Labute approximate surface area is 178 Å². The second-order valence-electron chi connectivity index (χ2n) is 8.10. The van der Waals surface area contributed by atoms with Crippen LogP contribution in [0.5, 0.6) is 0 Å². The van der Waals surface area contributed by atoms with Crippen LogP contribution in [0.3, 0.4) is 0 Å². The Morgan fingerprint density at radius 2 is 1.97 bits per heavy atom. The number of alkyl halides is 2. The molecule has 1 fully saturated rings. The number of likely N-dealkylation sites (tertiary alicyclic amines) is 1. The van der Waals surface area contributed by atoms with Crippen LogP contribution in [-0.2, 0) is 0 Å². The summed E-state index contributed by atoms with van der Waals surface area (Å²) in [5.41, 5.74) is 2.85. The summed E-state index contributed by atoms with van der Waals surface area (Å²) in [5.74, 6) is -0.0378. The molecule has 3 heterocycles. The summed E-state index contributed by atoms with van der Waals surface area (Å²) in [6, 6.07) is 7.01. The smallest absolute Gasteiger partial charge is 0.280 e. The number of amides is 1. The number of hydrogen-bond acceptors (Lipinski definition) is 5. The van der Waals surface area contributed by atoms with Crippen molar-refractivity contribution < 1.29 is 13.6 Å². The number of carbonyl (C=O) groups is 1. The van der Waals surface area contributed by atoms with Crippen LogP contribution in [0.4, 0.5) is 8.78 Å². The number of nitrogens with zero attached hydrogens (tertiary/aromatic N) is 6. The van der Waals surface area contributed by atoms with E-state index in [2.05, 4.69) is 21.1 Å². The first-order chi connectivity index (χ1) is 14.8. The third-order valence-corrected chi connectivity index (χ3v) is 6.04. The van der Waals surface area contributed by atoms with Gasteiger partial charge in [0, 0.05) is 24.6 Å². The molecular weight excluding hydrogens is 402 g/mol. The van der Waals surface area contributed by atoms with Gasteiger partial charge >= 0.3 is 0 Å². The highest BCUT2D eigenvalue weighted by Crippen LogP contribution is 2.34. The third kappa shape index (κ3) is 3.74. The fraction of sp³-hybridized carbons (Fsp3) is 0.409. The van der Waals surface area contributed by atoms with Crippen LogP contribution in [0, 0.1) is 31.1 Å². The summed E-state index contributed by atoms with van der Waals surface area (Å²) in [6.07, 6.45) is -0.700. The molecule has 1 aliphatic heterocycles.